The molecule has 0 N–H and O–H groups in total. The summed E-state index contributed by atoms with van der Waals surface area (Å²) in [4.78, 5) is 29.0. The van der Waals surface area contributed by atoms with Gasteiger partial charge in [-0.1, -0.05) is 23.5 Å². The van der Waals surface area contributed by atoms with E-state index in [1.54, 1.807) is 31.4 Å². The third kappa shape index (κ3) is 3.67. The van der Waals surface area contributed by atoms with E-state index in [1.807, 2.05) is 0 Å². The molecular formula is C16H15N3O5S. The van der Waals surface area contributed by atoms with Gasteiger partial charge in [-0.15, -0.1) is 0 Å². The molecule has 0 atom stereocenters. The van der Waals surface area contributed by atoms with Gasteiger partial charge < -0.3 is 14.2 Å². The molecule has 0 fully saturated rings. The molecule has 0 saturated heterocycles. The highest BCUT2D eigenvalue weighted by Gasteiger charge is 2.14. The van der Waals surface area contributed by atoms with E-state index in [0.717, 1.165) is 0 Å². The van der Waals surface area contributed by atoms with Crippen molar-refractivity contribution in [3.05, 3.63) is 57.0 Å². The third-order valence-electron chi connectivity index (χ3n) is 3.29. The number of esters is 1. The molecule has 8 nitrogen and oxygen atoms in total. The molecular weight excluding hydrogens is 346 g/mol. The number of hydrogen-bond donors (Lipinski definition) is 0. The van der Waals surface area contributed by atoms with E-state index in [4.69, 9.17) is 14.2 Å². The fourth-order valence-electron chi connectivity index (χ4n) is 2.18. The number of aromatic nitrogens is 3. The summed E-state index contributed by atoms with van der Waals surface area (Å²) in [6.45, 7) is 0.172. The lowest BCUT2D eigenvalue weighted by Gasteiger charge is -2.08. The van der Waals surface area contributed by atoms with Crippen LogP contribution in [0.1, 0.15) is 21.1 Å². The number of rotatable bonds is 6. The van der Waals surface area contributed by atoms with Gasteiger partial charge >= 0.3 is 5.97 Å². The van der Waals surface area contributed by atoms with Gasteiger partial charge in [0.25, 0.3) is 5.56 Å². The predicted octanol–water partition coefficient (Wildman–Crippen LogP) is 1.66. The van der Waals surface area contributed by atoms with Crippen molar-refractivity contribution in [3.63, 3.8) is 0 Å². The summed E-state index contributed by atoms with van der Waals surface area (Å²) < 4.78 is 16.6. The molecule has 0 amide bonds. The lowest BCUT2D eigenvalue weighted by molar-refractivity contribution is 0.0464. The van der Waals surface area contributed by atoms with Crippen LogP contribution in [0.3, 0.4) is 0 Å². The molecule has 3 rings (SSSR count). The van der Waals surface area contributed by atoms with Crippen LogP contribution in [0.15, 0.2) is 35.1 Å². The Bertz CT molecular complexity index is 966. The molecule has 9 heteroatoms. The Hall–Kier alpha value is -2.78. The molecule has 0 saturated carbocycles. The van der Waals surface area contributed by atoms with Crippen molar-refractivity contribution in [2.45, 2.75) is 13.2 Å². The lowest BCUT2D eigenvalue weighted by atomic mass is 10.2. The molecule has 0 radical (unpaired) electrons. The average Bonchev–Trinajstić information content (AvgIpc) is 3.03. The predicted molar refractivity (Wildman–Crippen MR) is 90.0 cm³/mol. The standard InChI is InChI=1S/C16H15N3O5S/c1-22-9-13-18-19-14(20)7-10(17-16(19)25-13)8-24-15(21)11-5-3-4-6-12(11)23-2/h3-7H,8-9H2,1-2H3. The second kappa shape index (κ2) is 7.41. The first-order valence-corrected chi connectivity index (χ1v) is 8.11. The van der Waals surface area contributed by atoms with Crippen molar-refractivity contribution in [1.29, 1.82) is 0 Å². The summed E-state index contributed by atoms with van der Waals surface area (Å²) in [5, 5.41) is 4.75. The number of ether oxygens (including phenoxy) is 3. The smallest absolute Gasteiger partial charge is 0.342 e. The van der Waals surface area contributed by atoms with Gasteiger partial charge in [0.15, 0.2) is 0 Å². The number of benzene rings is 1. The molecule has 2 aromatic heterocycles. The van der Waals surface area contributed by atoms with Crippen LogP contribution in [-0.4, -0.2) is 34.8 Å². The van der Waals surface area contributed by atoms with Crippen molar-refractivity contribution >= 4 is 22.3 Å². The quantitative estimate of drug-likeness (QED) is 0.617. The molecule has 0 unspecified atom stereocenters. The molecule has 0 aliphatic heterocycles. The van der Waals surface area contributed by atoms with E-state index in [0.29, 0.717) is 33.6 Å². The van der Waals surface area contributed by atoms with E-state index in [-0.39, 0.29) is 12.2 Å². The number of nitrogens with zero attached hydrogens (tertiary/aromatic N) is 3. The average molecular weight is 361 g/mol. The van der Waals surface area contributed by atoms with Crippen LogP contribution in [0.25, 0.3) is 4.96 Å². The maximum Gasteiger partial charge on any atom is 0.342 e. The van der Waals surface area contributed by atoms with Crippen molar-refractivity contribution in [1.82, 2.24) is 14.6 Å². The van der Waals surface area contributed by atoms with Gasteiger partial charge in [-0.25, -0.2) is 9.78 Å². The van der Waals surface area contributed by atoms with E-state index in [9.17, 15) is 9.59 Å². The Morgan fingerprint density at radius 2 is 2.04 bits per heavy atom. The molecule has 0 spiro atoms. The number of carbonyl (C=O) groups is 1. The molecule has 3 aromatic rings. The summed E-state index contributed by atoms with van der Waals surface area (Å²) in [5.41, 5.74) is 0.316. The number of methoxy groups -OCH3 is 2. The van der Waals surface area contributed by atoms with Crippen molar-refractivity contribution < 1.29 is 19.0 Å². The normalized spacial score (nSPS) is 10.8. The van der Waals surface area contributed by atoms with Gasteiger partial charge in [0.05, 0.1) is 19.4 Å². The van der Waals surface area contributed by atoms with Gasteiger partial charge in [0, 0.05) is 13.2 Å². The summed E-state index contributed by atoms with van der Waals surface area (Å²) in [7, 11) is 3.02. The van der Waals surface area contributed by atoms with E-state index < -0.39 is 5.97 Å². The zero-order valence-corrected chi connectivity index (χ0v) is 14.4. The van der Waals surface area contributed by atoms with E-state index in [1.165, 1.54) is 29.0 Å². The van der Waals surface area contributed by atoms with E-state index >= 15 is 0 Å². The van der Waals surface area contributed by atoms with Crippen LogP contribution in [0, 0.1) is 0 Å². The van der Waals surface area contributed by atoms with Gasteiger partial charge in [-0.3, -0.25) is 4.79 Å². The second-order valence-electron chi connectivity index (χ2n) is 4.99. The van der Waals surface area contributed by atoms with E-state index in [2.05, 4.69) is 10.1 Å². The van der Waals surface area contributed by atoms with Crippen molar-refractivity contribution in [2.75, 3.05) is 14.2 Å². The van der Waals surface area contributed by atoms with Gasteiger partial charge in [0.1, 0.15) is 22.9 Å². The molecule has 25 heavy (non-hydrogen) atoms. The first-order valence-electron chi connectivity index (χ1n) is 7.30. The minimum Gasteiger partial charge on any atom is -0.496 e. The summed E-state index contributed by atoms with van der Waals surface area (Å²) in [6.07, 6.45) is 0. The lowest BCUT2D eigenvalue weighted by Crippen LogP contribution is -2.17. The highest BCUT2D eigenvalue weighted by Crippen LogP contribution is 2.19. The fraction of sp³-hybridized carbons (Fsp3) is 0.250. The third-order valence-corrected chi connectivity index (χ3v) is 4.17. The first-order chi connectivity index (χ1) is 12.1. The number of fused-ring (bicyclic) bond motifs is 1. The molecule has 2 heterocycles. The summed E-state index contributed by atoms with van der Waals surface area (Å²) >= 11 is 1.24. The first kappa shape index (κ1) is 17.1. The Kier molecular flexibility index (Phi) is 5.05. The molecule has 130 valence electrons. The maximum atomic E-state index is 12.2. The topological polar surface area (TPSA) is 92.0 Å². The Balaban J connectivity index is 1.79. The minimum absolute atomic E-state index is 0.125. The van der Waals surface area contributed by atoms with Crippen LogP contribution in [0.2, 0.25) is 0 Å². The van der Waals surface area contributed by atoms with Crippen LogP contribution in [0.4, 0.5) is 0 Å². The van der Waals surface area contributed by atoms with Crippen LogP contribution >= 0.6 is 11.3 Å². The van der Waals surface area contributed by atoms with Crippen LogP contribution < -0.4 is 10.3 Å². The molecule has 0 bridgehead atoms. The second-order valence-corrected chi connectivity index (χ2v) is 6.03. The van der Waals surface area contributed by atoms with Crippen molar-refractivity contribution in [2.24, 2.45) is 0 Å². The summed E-state index contributed by atoms with van der Waals surface area (Å²) in [5.74, 6) is -0.133. The Morgan fingerprint density at radius 3 is 2.80 bits per heavy atom. The zero-order chi connectivity index (χ0) is 17.8. The molecule has 1 aromatic carbocycles. The van der Waals surface area contributed by atoms with Crippen molar-refractivity contribution in [3.8, 4) is 5.75 Å². The Labute approximate surface area is 146 Å². The van der Waals surface area contributed by atoms with Gasteiger partial charge in [-0.2, -0.15) is 9.61 Å². The van der Waals surface area contributed by atoms with Crippen LogP contribution in [-0.2, 0) is 22.7 Å². The largest absolute Gasteiger partial charge is 0.496 e. The summed E-state index contributed by atoms with van der Waals surface area (Å²) in [6, 6.07) is 8.03. The monoisotopic (exact) mass is 361 g/mol. The van der Waals surface area contributed by atoms with Gasteiger partial charge in [0.2, 0.25) is 4.96 Å². The molecule has 0 aliphatic rings. The number of para-hydroxylation sites is 1. The van der Waals surface area contributed by atoms with Gasteiger partial charge in [-0.05, 0) is 12.1 Å². The fourth-order valence-corrected chi connectivity index (χ4v) is 3.07. The Morgan fingerprint density at radius 1 is 1.24 bits per heavy atom. The minimum atomic E-state index is -0.552. The molecule has 0 aliphatic carbocycles. The van der Waals surface area contributed by atoms with Crippen LogP contribution in [0.5, 0.6) is 5.75 Å². The SMILES string of the molecule is COCc1nn2c(=O)cc(COC(=O)c3ccccc3OC)nc2s1. The number of carbonyl (C=O) groups excluding carboxylic acids is 1. The zero-order valence-electron chi connectivity index (χ0n) is 13.6. The maximum absolute atomic E-state index is 12.2. The highest BCUT2D eigenvalue weighted by molar-refractivity contribution is 7.16. The highest BCUT2D eigenvalue weighted by atomic mass is 32.1. The number of hydrogen-bond acceptors (Lipinski definition) is 8.